The Hall–Kier alpha value is -2.96. The predicted molar refractivity (Wildman–Crippen MR) is 135 cm³/mol. The third kappa shape index (κ3) is 4.72. The van der Waals surface area contributed by atoms with Gasteiger partial charge in [-0.1, -0.05) is 26.2 Å². The van der Waals surface area contributed by atoms with E-state index in [4.69, 9.17) is 0 Å². The molecule has 1 saturated carbocycles. The Morgan fingerprint density at radius 2 is 2.08 bits per heavy atom. The SMILES string of the molecule is CCN(Cc1cc(Nc2nc(C(C)(F)F)cn3c(-c4cn[nH]c4)cnc23)sn1)C1(CO)CCCCC1. The summed E-state index contributed by atoms with van der Waals surface area (Å²) in [7, 11) is 0. The number of anilines is 2. The van der Waals surface area contributed by atoms with Gasteiger partial charge in [0.05, 0.1) is 30.4 Å². The fourth-order valence-electron chi connectivity index (χ4n) is 5.04. The van der Waals surface area contributed by atoms with Gasteiger partial charge in [0.25, 0.3) is 5.92 Å². The number of aliphatic hydroxyl groups excluding tert-OH is 1. The average Bonchev–Trinajstić information content (AvgIpc) is 3.63. The van der Waals surface area contributed by atoms with E-state index in [1.54, 1.807) is 23.0 Å². The first-order chi connectivity index (χ1) is 17.3. The van der Waals surface area contributed by atoms with Crippen molar-refractivity contribution < 1.29 is 13.9 Å². The molecular formula is C24H30F2N8OS. The van der Waals surface area contributed by atoms with Crippen LogP contribution in [-0.4, -0.2) is 57.6 Å². The lowest BCUT2D eigenvalue weighted by Gasteiger charge is -2.45. The minimum Gasteiger partial charge on any atom is -0.394 e. The fourth-order valence-corrected chi connectivity index (χ4v) is 5.70. The van der Waals surface area contributed by atoms with Crippen molar-refractivity contribution in [1.29, 1.82) is 0 Å². The van der Waals surface area contributed by atoms with Gasteiger partial charge in [-0.2, -0.15) is 18.3 Å². The van der Waals surface area contributed by atoms with E-state index in [2.05, 4.69) is 41.7 Å². The molecule has 4 heterocycles. The molecule has 0 unspecified atom stereocenters. The van der Waals surface area contributed by atoms with Gasteiger partial charge >= 0.3 is 0 Å². The third-order valence-electron chi connectivity index (χ3n) is 7.02. The Bertz CT molecular complexity index is 1310. The molecular weight excluding hydrogens is 486 g/mol. The van der Waals surface area contributed by atoms with E-state index in [0.717, 1.165) is 50.4 Å². The number of aromatic nitrogens is 6. The summed E-state index contributed by atoms with van der Waals surface area (Å²) >= 11 is 1.25. The second-order valence-electron chi connectivity index (χ2n) is 9.45. The minimum atomic E-state index is -3.14. The zero-order valence-corrected chi connectivity index (χ0v) is 21.2. The van der Waals surface area contributed by atoms with Gasteiger partial charge < -0.3 is 10.4 Å². The molecule has 0 bridgehead atoms. The van der Waals surface area contributed by atoms with E-state index >= 15 is 0 Å². The Morgan fingerprint density at radius 3 is 2.75 bits per heavy atom. The molecule has 0 aliphatic heterocycles. The van der Waals surface area contributed by atoms with Crippen molar-refractivity contribution in [2.24, 2.45) is 0 Å². The molecule has 0 amide bonds. The number of rotatable bonds is 9. The van der Waals surface area contributed by atoms with Crippen LogP contribution in [0.4, 0.5) is 19.6 Å². The van der Waals surface area contributed by atoms with Crippen LogP contribution in [0.3, 0.4) is 0 Å². The molecule has 5 rings (SSSR count). The second-order valence-corrected chi connectivity index (χ2v) is 10.3. The number of fused-ring (bicyclic) bond motifs is 1. The molecule has 1 aliphatic carbocycles. The lowest BCUT2D eigenvalue weighted by molar-refractivity contribution is -0.00230. The van der Waals surface area contributed by atoms with Gasteiger partial charge in [-0.05, 0) is 37.0 Å². The fraction of sp³-hybridized carbons (Fsp3) is 0.500. The smallest absolute Gasteiger partial charge is 0.288 e. The number of alkyl halides is 2. The van der Waals surface area contributed by atoms with Gasteiger partial charge in [-0.15, -0.1) is 0 Å². The summed E-state index contributed by atoms with van der Waals surface area (Å²) in [4.78, 5) is 11.0. The maximum Gasteiger partial charge on any atom is 0.288 e. The van der Waals surface area contributed by atoms with Crippen molar-refractivity contribution >= 4 is 28.0 Å². The van der Waals surface area contributed by atoms with Gasteiger partial charge in [-0.25, -0.2) is 9.97 Å². The molecule has 0 atom stereocenters. The number of aromatic amines is 1. The lowest BCUT2D eigenvalue weighted by atomic mass is 9.80. The molecule has 4 aromatic heterocycles. The summed E-state index contributed by atoms with van der Waals surface area (Å²) in [6.07, 6.45) is 11.6. The van der Waals surface area contributed by atoms with Crippen molar-refractivity contribution in [2.45, 2.75) is 64.0 Å². The molecule has 192 valence electrons. The van der Waals surface area contributed by atoms with E-state index in [1.165, 1.54) is 24.2 Å². The highest BCUT2D eigenvalue weighted by Gasteiger charge is 2.37. The van der Waals surface area contributed by atoms with Crippen molar-refractivity contribution in [2.75, 3.05) is 18.5 Å². The highest BCUT2D eigenvalue weighted by Crippen LogP contribution is 2.36. The molecule has 0 radical (unpaired) electrons. The van der Waals surface area contributed by atoms with Crippen molar-refractivity contribution in [3.8, 4) is 11.3 Å². The molecule has 0 aromatic carbocycles. The normalized spacial score (nSPS) is 16.2. The number of hydrogen-bond donors (Lipinski definition) is 3. The van der Waals surface area contributed by atoms with Gasteiger partial charge in [0.2, 0.25) is 0 Å². The molecule has 9 nitrogen and oxygen atoms in total. The van der Waals surface area contributed by atoms with E-state index < -0.39 is 5.92 Å². The predicted octanol–water partition coefficient (Wildman–Crippen LogP) is 4.95. The first-order valence-electron chi connectivity index (χ1n) is 12.2. The lowest BCUT2D eigenvalue weighted by Crippen LogP contribution is -2.52. The first-order valence-corrected chi connectivity index (χ1v) is 12.9. The zero-order valence-electron chi connectivity index (χ0n) is 20.3. The summed E-state index contributed by atoms with van der Waals surface area (Å²) in [6.45, 7) is 4.48. The van der Waals surface area contributed by atoms with Gasteiger partial charge in [0.1, 0.15) is 10.7 Å². The molecule has 4 aromatic rings. The van der Waals surface area contributed by atoms with Gasteiger partial charge in [0, 0.05) is 37.0 Å². The summed E-state index contributed by atoms with van der Waals surface area (Å²) in [6, 6.07) is 1.91. The highest BCUT2D eigenvalue weighted by atomic mass is 32.1. The largest absolute Gasteiger partial charge is 0.394 e. The van der Waals surface area contributed by atoms with Crippen LogP contribution in [-0.2, 0) is 12.5 Å². The molecule has 1 aliphatic rings. The molecule has 0 spiro atoms. The average molecular weight is 517 g/mol. The first kappa shape index (κ1) is 24.7. The van der Waals surface area contributed by atoms with Crippen LogP contribution in [0, 0.1) is 0 Å². The van der Waals surface area contributed by atoms with Crippen LogP contribution >= 0.6 is 11.5 Å². The number of nitrogens with one attached hydrogen (secondary N) is 2. The maximum atomic E-state index is 14.3. The van der Waals surface area contributed by atoms with Crippen molar-refractivity contribution in [3.05, 3.63) is 42.2 Å². The number of nitrogens with zero attached hydrogens (tertiary/aromatic N) is 6. The summed E-state index contributed by atoms with van der Waals surface area (Å²) < 4.78 is 34.9. The number of imidazole rings is 1. The van der Waals surface area contributed by atoms with Gasteiger partial charge in [-0.3, -0.25) is 14.4 Å². The molecule has 12 heteroatoms. The summed E-state index contributed by atoms with van der Waals surface area (Å²) in [5.74, 6) is -2.91. The quantitative estimate of drug-likeness (QED) is 0.289. The van der Waals surface area contributed by atoms with Crippen LogP contribution < -0.4 is 5.32 Å². The monoisotopic (exact) mass is 516 g/mol. The van der Waals surface area contributed by atoms with Crippen LogP contribution in [0.5, 0.6) is 0 Å². The number of H-pyrrole nitrogens is 1. The topological polar surface area (TPSA) is 107 Å². The van der Waals surface area contributed by atoms with Crippen LogP contribution in [0.15, 0.2) is 30.9 Å². The van der Waals surface area contributed by atoms with E-state index in [0.29, 0.717) is 22.9 Å². The van der Waals surface area contributed by atoms with E-state index in [9.17, 15) is 13.9 Å². The summed E-state index contributed by atoms with van der Waals surface area (Å²) in [5.41, 5.74) is 2.05. The van der Waals surface area contributed by atoms with E-state index in [-0.39, 0.29) is 23.7 Å². The maximum absolute atomic E-state index is 14.3. The molecule has 1 fully saturated rings. The molecule has 0 saturated heterocycles. The standard InChI is InChI=1S/C24H30F2N8OS/c1-3-33(24(15-35)7-5-4-6-8-24)13-17-9-20(36-32-17)31-21-22-27-12-18(16-10-28-29-11-16)34(22)14-19(30-21)23(2,25)26/h9-12,14,35H,3-8,13,15H2,1-2H3,(H,28,29)(H,30,31). The number of likely N-dealkylation sites (N-methyl/N-ethyl adjacent to an activating group) is 1. The zero-order chi connectivity index (χ0) is 25.3. The number of halogens is 2. The Morgan fingerprint density at radius 1 is 1.28 bits per heavy atom. The molecule has 3 N–H and O–H groups in total. The van der Waals surface area contributed by atoms with Gasteiger partial charge in [0.15, 0.2) is 11.5 Å². The number of aliphatic hydroxyl groups is 1. The van der Waals surface area contributed by atoms with Crippen LogP contribution in [0.25, 0.3) is 16.9 Å². The Balaban J connectivity index is 1.44. The Kier molecular flexibility index (Phi) is 6.75. The van der Waals surface area contributed by atoms with Crippen LogP contribution in [0.2, 0.25) is 0 Å². The van der Waals surface area contributed by atoms with E-state index in [1.807, 2.05) is 6.07 Å². The van der Waals surface area contributed by atoms with Crippen molar-refractivity contribution in [3.63, 3.8) is 0 Å². The molecule has 36 heavy (non-hydrogen) atoms. The second kappa shape index (κ2) is 9.83. The van der Waals surface area contributed by atoms with Crippen LogP contribution in [0.1, 0.15) is 57.3 Å². The number of hydrogen-bond acceptors (Lipinski definition) is 8. The summed E-state index contributed by atoms with van der Waals surface area (Å²) in [5, 5.41) is 20.8. The van der Waals surface area contributed by atoms with Crippen molar-refractivity contribution in [1.82, 2.24) is 33.8 Å². The third-order valence-corrected chi connectivity index (χ3v) is 7.76. The minimum absolute atomic E-state index is 0.134. The Labute approximate surface area is 211 Å². The highest BCUT2D eigenvalue weighted by molar-refractivity contribution is 7.10.